The highest BCUT2D eigenvalue weighted by Gasteiger charge is 2.16. The minimum Gasteiger partial charge on any atom is -0.294 e. The first-order chi connectivity index (χ1) is 13.2. The van der Waals surface area contributed by atoms with Crippen molar-refractivity contribution in [3.8, 4) is 6.07 Å². The lowest BCUT2D eigenvalue weighted by Gasteiger charge is -2.06. The molecule has 0 aliphatic carbocycles. The molecule has 3 aromatic rings. The Morgan fingerprint density at radius 3 is 2.41 bits per heavy atom. The number of thioether (sulfide) groups is 1. The Bertz CT molecular complexity index is 988. The van der Waals surface area contributed by atoms with Crippen molar-refractivity contribution >= 4 is 23.1 Å². The van der Waals surface area contributed by atoms with Crippen molar-refractivity contribution in [2.45, 2.75) is 13.0 Å². The summed E-state index contributed by atoms with van der Waals surface area (Å²) >= 11 is 1.39. The average Bonchev–Trinajstić information content (AvgIpc) is 3.17. The van der Waals surface area contributed by atoms with Gasteiger partial charge < -0.3 is 0 Å². The van der Waals surface area contributed by atoms with E-state index in [4.69, 9.17) is 0 Å². The molecule has 27 heavy (non-hydrogen) atoms. The fourth-order valence-corrected chi connectivity index (χ4v) is 3.29. The third-order valence-electron chi connectivity index (χ3n) is 4.04. The van der Waals surface area contributed by atoms with Gasteiger partial charge in [0.2, 0.25) is 0 Å². The van der Waals surface area contributed by atoms with E-state index in [-0.39, 0.29) is 12.2 Å². The fourth-order valence-electron chi connectivity index (χ4n) is 2.66. The molecule has 6 heteroatoms. The number of hydrogen-bond acceptors (Lipinski definition) is 5. The van der Waals surface area contributed by atoms with Crippen LogP contribution in [0.2, 0.25) is 0 Å². The number of aromatic nitrogens is 3. The van der Waals surface area contributed by atoms with Crippen molar-refractivity contribution in [2.75, 3.05) is 6.26 Å². The molecule has 0 bridgehead atoms. The lowest BCUT2D eigenvalue weighted by molar-refractivity contribution is 0.0995. The Kier molecular flexibility index (Phi) is 6.18. The number of carbonyl (C=O) groups is 1. The van der Waals surface area contributed by atoms with Gasteiger partial charge in [0.25, 0.3) is 0 Å². The summed E-state index contributed by atoms with van der Waals surface area (Å²) in [5, 5.41) is 17.9. The predicted octanol–water partition coefficient (Wildman–Crippen LogP) is 4.20. The van der Waals surface area contributed by atoms with Gasteiger partial charge in [0, 0.05) is 16.9 Å². The zero-order chi connectivity index (χ0) is 19.1. The number of rotatable bonds is 7. The molecule has 0 saturated heterocycles. The SMILES string of the molecule is CS/C(CC(=O)c1ccccc1)=C(\C#N)c1cn(Cc2ccccc2)nn1. The van der Waals surface area contributed by atoms with Crippen LogP contribution in [0.4, 0.5) is 0 Å². The molecule has 0 fully saturated rings. The molecule has 0 aliphatic heterocycles. The summed E-state index contributed by atoms with van der Waals surface area (Å²) < 4.78 is 1.69. The number of hydrogen-bond donors (Lipinski definition) is 0. The quantitative estimate of drug-likeness (QED) is 0.458. The second kappa shape index (κ2) is 8.97. The Morgan fingerprint density at radius 1 is 1.11 bits per heavy atom. The third kappa shape index (κ3) is 4.72. The smallest absolute Gasteiger partial charge is 0.167 e. The van der Waals surface area contributed by atoms with E-state index in [0.717, 1.165) is 5.56 Å². The second-order valence-corrected chi connectivity index (χ2v) is 6.77. The monoisotopic (exact) mass is 374 g/mol. The molecule has 0 N–H and O–H groups in total. The zero-order valence-corrected chi connectivity index (χ0v) is 15.7. The largest absolute Gasteiger partial charge is 0.294 e. The first-order valence-electron chi connectivity index (χ1n) is 8.41. The van der Waals surface area contributed by atoms with Gasteiger partial charge in [-0.25, -0.2) is 4.68 Å². The lowest BCUT2D eigenvalue weighted by atomic mass is 10.1. The minimum atomic E-state index is -0.0237. The fraction of sp³-hybridized carbons (Fsp3) is 0.143. The summed E-state index contributed by atoms with van der Waals surface area (Å²) in [7, 11) is 0. The number of carbonyl (C=O) groups excluding carboxylic acids is 1. The van der Waals surface area contributed by atoms with E-state index in [0.29, 0.717) is 28.3 Å². The van der Waals surface area contributed by atoms with Crippen LogP contribution in [0, 0.1) is 11.3 Å². The molecular formula is C21H18N4OS. The van der Waals surface area contributed by atoms with Gasteiger partial charge in [-0.3, -0.25) is 4.79 Å². The molecule has 1 aromatic heterocycles. The summed E-state index contributed by atoms with van der Waals surface area (Å²) in [6, 6.07) is 21.2. The van der Waals surface area contributed by atoms with Gasteiger partial charge in [0.15, 0.2) is 5.78 Å². The number of nitriles is 1. The lowest BCUT2D eigenvalue weighted by Crippen LogP contribution is -2.01. The Balaban J connectivity index is 1.83. The number of benzene rings is 2. The first-order valence-corrected chi connectivity index (χ1v) is 9.63. The maximum absolute atomic E-state index is 12.5. The maximum atomic E-state index is 12.5. The molecule has 0 aliphatic rings. The summed E-state index contributed by atoms with van der Waals surface area (Å²) in [5.41, 5.74) is 2.61. The van der Waals surface area contributed by atoms with Crippen LogP contribution in [0.5, 0.6) is 0 Å². The van der Waals surface area contributed by atoms with E-state index < -0.39 is 0 Å². The predicted molar refractivity (Wildman–Crippen MR) is 107 cm³/mol. The maximum Gasteiger partial charge on any atom is 0.167 e. The van der Waals surface area contributed by atoms with E-state index in [1.807, 2.05) is 54.8 Å². The van der Waals surface area contributed by atoms with Crippen molar-refractivity contribution in [1.82, 2.24) is 15.0 Å². The number of nitrogens with zero attached hydrogens (tertiary/aromatic N) is 4. The third-order valence-corrected chi connectivity index (χ3v) is 4.88. The molecule has 3 rings (SSSR count). The average molecular weight is 374 g/mol. The van der Waals surface area contributed by atoms with Crippen LogP contribution in [0.25, 0.3) is 5.57 Å². The Labute approximate surface area is 162 Å². The molecule has 0 amide bonds. The van der Waals surface area contributed by atoms with E-state index in [2.05, 4.69) is 16.4 Å². The molecule has 0 atom stereocenters. The van der Waals surface area contributed by atoms with Gasteiger partial charge in [0.05, 0.1) is 18.3 Å². The van der Waals surface area contributed by atoms with Crippen LogP contribution >= 0.6 is 11.8 Å². The Morgan fingerprint density at radius 2 is 1.78 bits per heavy atom. The Hall–Kier alpha value is -3.17. The molecule has 0 unspecified atom stereocenters. The van der Waals surface area contributed by atoms with Crippen LogP contribution < -0.4 is 0 Å². The summed E-state index contributed by atoms with van der Waals surface area (Å²) in [6.07, 6.45) is 3.77. The number of allylic oxidation sites excluding steroid dienone is 2. The second-order valence-electron chi connectivity index (χ2n) is 5.87. The summed E-state index contributed by atoms with van der Waals surface area (Å²) in [6.45, 7) is 0.574. The highest BCUT2D eigenvalue weighted by Crippen LogP contribution is 2.28. The number of Topliss-reactive ketones (excluding diaryl/α,β-unsaturated/α-hetero) is 1. The van der Waals surface area contributed by atoms with Gasteiger partial charge in [-0.15, -0.1) is 16.9 Å². The van der Waals surface area contributed by atoms with Crippen LogP contribution in [0.15, 0.2) is 71.8 Å². The molecule has 0 saturated carbocycles. The highest BCUT2D eigenvalue weighted by molar-refractivity contribution is 8.02. The van der Waals surface area contributed by atoms with Gasteiger partial charge in [-0.1, -0.05) is 65.9 Å². The van der Waals surface area contributed by atoms with E-state index in [1.54, 1.807) is 23.0 Å². The van der Waals surface area contributed by atoms with Crippen molar-refractivity contribution in [1.29, 1.82) is 5.26 Å². The highest BCUT2D eigenvalue weighted by atomic mass is 32.2. The minimum absolute atomic E-state index is 0.0237. The molecule has 2 aromatic carbocycles. The molecule has 0 spiro atoms. The zero-order valence-electron chi connectivity index (χ0n) is 14.9. The van der Waals surface area contributed by atoms with Gasteiger partial charge in [0.1, 0.15) is 11.8 Å². The standard InChI is InChI=1S/C21H18N4OS/c1-27-21(12-20(26)17-10-6-3-7-11-17)18(13-22)19-15-25(24-23-19)14-16-8-4-2-5-9-16/h2-11,15H,12,14H2,1H3/b21-18+. The van der Waals surface area contributed by atoms with Crippen molar-refractivity contribution in [3.05, 3.63) is 88.6 Å². The number of ketones is 1. The van der Waals surface area contributed by atoms with Crippen molar-refractivity contribution in [3.63, 3.8) is 0 Å². The molecular weight excluding hydrogens is 356 g/mol. The molecule has 5 nitrogen and oxygen atoms in total. The van der Waals surface area contributed by atoms with Gasteiger partial charge in [-0.05, 0) is 11.8 Å². The van der Waals surface area contributed by atoms with Crippen LogP contribution in [-0.4, -0.2) is 27.0 Å². The molecule has 0 radical (unpaired) electrons. The van der Waals surface area contributed by atoms with Crippen LogP contribution in [-0.2, 0) is 6.54 Å². The van der Waals surface area contributed by atoms with Crippen molar-refractivity contribution in [2.24, 2.45) is 0 Å². The first kappa shape index (κ1) is 18.6. The topological polar surface area (TPSA) is 71.6 Å². The molecule has 134 valence electrons. The van der Waals surface area contributed by atoms with Gasteiger partial charge >= 0.3 is 0 Å². The summed E-state index contributed by atoms with van der Waals surface area (Å²) in [4.78, 5) is 13.2. The van der Waals surface area contributed by atoms with Crippen LogP contribution in [0.1, 0.15) is 28.0 Å². The van der Waals surface area contributed by atoms with E-state index in [9.17, 15) is 10.1 Å². The summed E-state index contributed by atoms with van der Waals surface area (Å²) in [5.74, 6) is -0.0237. The molecule has 1 heterocycles. The van der Waals surface area contributed by atoms with Crippen molar-refractivity contribution < 1.29 is 4.79 Å². The van der Waals surface area contributed by atoms with E-state index in [1.165, 1.54) is 11.8 Å². The normalized spacial score (nSPS) is 11.6. The van der Waals surface area contributed by atoms with Gasteiger partial charge in [-0.2, -0.15) is 5.26 Å². The van der Waals surface area contributed by atoms with Crippen LogP contribution in [0.3, 0.4) is 0 Å². The van der Waals surface area contributed by atoms with E-state index >= 15 is 0 Å².